The van der Waals surface area contributed by atoms with Crippen LogP contribution < -0.4 is 20.3 Å². The number of pyridine rings is 1. The largest absolute Gasteiger partial charge is 0.486 e. The number of amides is 2. The molecule has 3 aromatic rings. The number of halogens is 1. The fraction of sp³-hybridized carbons (Fsp3) is 0.238. The van der Waals surface area contributed by atoms with Crippen LogP contribution in [-0.4, -0.2) is 47.4 Å². The van der Waals surface area contributed by atoms with Gasteiger partial charge in [-0.3, -0.25) is 4.79 Å². The lowest BCUT2D eigenvalue weighted by atomic mass is 10.1. The Balaban J connectivity index is 1.60. The van der Waals surface area contributed by atoms with E-state index < -0.39 is 6.03 Å². The average Bonchev–Trinajstić information content (AvgIpc) is 2.72. The molecule has 0 fully saturated rings. The number of aromatic amines is 1. The Kier molecular flexibility index (Phi) is 5.78. The van der Waals surface area contributed by atoms with E-state index in [9.17, 15) is 14.7 Å². The maximum atomic E-state index is 12.7. The fourth-order valence-electron chi connectivity index (χ4n) is 3.25. The molecule has 1 aliphatic heterocycles. The van der Waals surface area contributed by atoms with Gasteiger partial charge in [0.1, 0.15) is 13.2 Å². The van der Waals surface area contributed by atoms with Crippen molar-refractivity contribution < 1.29 is 19.4 Å². The molecule has 2 amide bonds. The summed E-state index contributed by atoms with van der Waals surface area (Å²) in [4.78, 5) is 29.5. The van der Waals surface area contributed by atoms with Gasteiger partial charge in [0.05, 0.1) is 18.7 Å². The number of fused-ring (bicyclic) bond motifs is 2. The van der Waals surface area contributed by atoms with Crippen molar-refractivity contribution in [2.45, 2.75) is 6.54 Å². The second-order valence-corrected chi connectivity index (χ2v) is 7.23. The minimum Gasteiger partial charge on any atom is -0.486 e. The van der Waals surface area contributed by atoms with Crippen molar-refractivity contribution in [3.63, 3.8) is 0 Å². The van der Waals surface area contributed by atoms with Crippen molar-refractivity contribution in [1.82, 2.24) is 9.88 Å². The number of hydrogen-bond acceptors (Lipinski definition) is 5. The van der Waals surface area contributed by atoms with Crippen LogP contribution >= 0.6 is 11.6 Å². The van der Waals surface area contributed by atoms with Gasteiger partial charge in [0.2, 0.25) is 0 Å². The highest BCUT2D eigenvalue weighted by Crippen LogP contribution is 2.33. The Bertz CT molecular complexity index is 1150. The van der Waals surface area contributed by atoms with Gasteiger partial charge in [-0.15, -0.1) is 0 Å². The van der Waals surface area contributed by atoms with Crippen LogP contribution in [0.5, 0.6) is 11.5 Å². The molecule has 0 saturated heterocycles. The summed E-state index contributed by atoms with van der Waals surface area (Å²) in [5.41, 5.74) is 1.20. The van der Waals surface area contributed by atoms with Crippen LogP contribution in [0.3, 0.4) is 0 Å². The molecule has 4 rings (SSSR count). The maximum absolute atomic E-state index is 12.7. The van der Waals surface area contributed by atoms with Gasteiger partial charge in [0, 0.05) is 34.3 Å². The summed E-state index contributed by atoms with van der Waals surface area (Å²) in [7, 11) is 0. The number of anilines is 1. The SMILES string of the molecule is O=C(Nc1cccc(Cl)c1)N(CCO)Cc1cc2cc3c(cc2[nH]c1=O)OCCO3. The number of hydrogen-bond donors (Lipinski definition) is 3. The molecular formula is C21H20ClN3O5. The number of aliphatic hydroxyl groups excluding tert-OH is 1. The summed E-state index contributed by atoms with van der Waals surface area (Å²) in [6.07, 6.45) is 0. The van der Waals surface area contributed by atoms with Crippen molar-refractivity contribution >= 4 is 34.2 Å². The molecule has 0 atom stereocenters. The van der Waals surface area contributed by atoms with Gasteiger partial charge in [-0.2, -0.15) is 0 Å². The predicted octanol–water partition coefficient (Wildman–Crippen LogP) is 2.98. The fourth-order valence-corrected chi connectivity index (χ4v) is 3.44. The molecule has 0 aliphatic carbocycles. The lowest BCUT2D eigenvalue weighted by Crippen LogP contribution is -2.38. The number of urea groups is 1. The number of nitrogens with zero attached hydrogens (tertiary/aromatic N) is 1. The second-order valence-electron chi connectivity index (χ2n) is 6.79. The molecule has 0 radical (unpaired) electrons. The van der Waals surface area contributed by atoms with Gasteiger partial charge in [-0.05, 0) is 30.3 Å². The molecule has 0 spiro atoms. The Hall–Kier alpha value is -3.23. The zero-order valence-corrected chi connectivity index (χ0v) is 16.7. The van der Waals surface area contributed by atoms with Gasteiger partial charge in [0.15, 0.2) is 11.5 Å². The summed E-state index contributed by atoms with van der Waals surface area (Å²) in [5, 5.41) is 13.4. The smallest absolute Gasteiger partial charge is 0.322 e. The summed E-state index contributed by atoms with van der Waals surface area (Å²) < 4.78 is 11.1. The zero-order chi connectivity index (χ0) is 21.1. The number of rotatable bonds is 5. The number of benzene rings is 2. The number of ether oxygens (including phenoxy) is 2. The Labute approximate surface area is 177 Å². The minimum atomic E-state index is -0.451. The van der Waals surface area contributed by atoms with E-state index in [1.807, 2.05) is 0 Å². The first-order valence-corrected chi connectivity index (χ1v) is 9.79. The number of carbonyl (C=O) groups excluding carboxylic acids is 1. The summed E-state index contributed by atoms with van der Waals surface area (Å²) >= 11 is 5.96. The third kappa shape index (κ3) is 4.34. The number of carbonyl (C=O) groups is 1. The second kappa shape index (κ2) is 8.64. The van der Waals surface area contributed by atoms with E-state index in [1.54, 1.807) is 42.5 Å². The number of H-pyrrole nitrogens is 1. The monoisotopic (exact) mass is 429 g/mol. The average molecular weight is 430 g/mol. The number of aromatic nitrogens is 1. The van der Waals surface area contributed by atoms with Crippen LogP contribution in [0.15, 0.2) is 47.3 Å². The molecule has 1 aromatic heterocycles. The Morgan fingerprint density at radius 2 is 1.93 bits per heavy atom. The molecule has 8 nitrogen and oxygen atoms in total. The van der Waals surface area contributed by atoms with Gasteiger partial charge < -0.3 is 29.8 Å². The molecule has 156 valence electrons. The maximum Gasteiger partial charge on any atom is 0.322 e. The summed E-state index contributed by atoms with van der Waals surface area (Å²) in [5.74, 6) is 1.19. The normalized spacial score (nSPS) is 12.6. The van der Waals surface area contributed by atoms with E-state index in [4.69, 9.17) is 21.1 Å². The van der Waals surface area contributed by atoms with Crippen molar-refractivity contribution in [2.24, 2.45) is 0 Å². The molecule has 3 N–H and O–H groups in total. The van der Waals surface area contributed by atoms with Crippen LogP contribution in [0.4, 0.5) is 10.5 Å². The van der Waals surface area contributed by atoms with E-state index >= 15 is 0 Å². The first-order chi connectivity index (χ1) is 14.5. The first kappa shape index (κ1) is 20.1. The van der Waals surface area contributed by atoms with Gasteiger partial charge >= 0.3 is 6.03 Å². The van der Waals surface area contributed by atoms with Gasteiger partial charge in [-0.25, -0.2) is 4.79 Å². The van der Waals surface area contributed by atoms with Crippen LogP contribution in [0.2, 0.25) is 5.02 Å². The predicted molar refractivity (Wildman–Crippen MR) is 114 cm³/mol. The molecule has 9 heteroatoms. The van der Waals surface area contributed by atoms with Crippen LogP contribution in [0.1, 0.15) is 5.56 Å². The van der Waals surface area contributed by atoms with Crippen molar-refractivity contribution in [3.05, 3.63) is 63.4 Å². The summed E-state index contributed by atoms with van der Waals surface area (Å²) in [6.45, 7) is 0.756. The number of nitrogens with one attached hydrogen (secondary N) is 2. The first-order valence-electron chi connectivity index (χ1n) is 9.41. The van der Waals surface area contributed by atoms with Crippen LogP contribution in [-0.2, 0) is 6.54 Å². The third-order valence-corrected chi connectivity index (χ3v) is 4.91. The third-order valence-electron chi connectivity index (χ3n) is 4.68. The topological polar surface area (TPSA) is 104 Å². The van der Waals surface area contributed by atoms with Crippen LogP contribution in [0.25, 0.3) is 10.9 Å². The molecule has 0 saturated carbocycles. The molecular weight excluding hydrogens is 410 g/mol. The van der Waals surface area contributed by atoms with Crippen molar-refractivity contribution in [1.29, 1.82) is 0 Å². The van der Waals surface area contributed by atoms with Crippen molar-refractivity contribution in [3.8, 4) is 11.5 Å². The molecule has 30 heavy (non-hydrogen) atoms. The van der Waals surface area contributed by atoms with E-state index in [0.29, 0.717) is 46.5 Å². The van der Waals surface area contributed by atoms with E-state index in [1.165, 1.54) is 4.90 Å². The standard InChI is InChI=1S/C21H20ClN3O5/c22-15-2-1-3-16(10-15)23-21(28)25(4-5-26)12-14-8-13-9-18-19(30-7-6-29-18)11-17(13)24-20(14)27/h1-3,8-11,26H,4-7,12H2,(H,23,28)(H,24,27). The van der Waals surface area contributed by atoms with Crippen molar-refractivity contribution in [2.75, 3.05) is 31.7 Å². The van der Waals surface area contributed by atoms with E-state index in [0.717, 1.165) is 5.39 Å². The lowest BCUT2D eigenvalue weighted by Gasteiger charge is -2.22. The van der Waals surface area contributed by atoms with E-state index in [-0.39, 0.29) is 25.3 Å². The minimum absolute atomic E-state index is 0.0205. The molecule has 0 unspecified atom stereocenters. The molecule has 2 aromatic carbocycles. The highest BCUT2D eigenvalue weighted by atomic mass is 35.5. The molecule has 1 aliphatic rings. The van der Waals surface area contributed by atoms with Gasteiger partial charge in [-0.1, -0.05) is 17.7 Å². The zero-order valence-electron chi connectivity index (χ0n) is 16.0. The Morgan fingerprint density at radius 1 is 1.17 bits per heavy atom. The highest BCUT2D eigenvalue weighted by molar-refractivity contribution is 6.30. The Morgan fingerprint density at radius 3 is 2.67 bits per heavy atom. The summed E-state index contributed by atoms with van der Waals surface area (Å²) in [6, 6.07) is 11.5. The van der Waals surface area contributed by atoms with E-state index in [2.05, 4.69) is 10.3 Å². The highest BCUT2D eigenvalue weighted by Gasteiger charge is 2.18. The van der Waals surface area contributed by atoms with Gasteiger partial charge in [0.25, 0.3) is 5.56 Å². The quantitative estimate of drug-likeness (QED) is 0.578. The molecule has 2 heterocycles. The molecule has 0 bridgehead atoms. The lowest BCUT2D eigenvalue weighted by molar-refractivity contribution is 0.172. The number of aliphatic hydroxyl groups is 1. The van der Waals surface area contributed by atoms with Crippen LogP contribution in [0, 0.1) is 0 Å².